The molecule has 18 heavy (non-hydrogen) atoms. The zero-order valence-corrected chi connectivity index (χ0v) is 11.1. The lowest BCUT2D eigenvalue weighted by molar-refractivity contribution is -0.118. The van der Waals surface area contributed by atoms with Gasteiger partial charge in [0.15, 0.2) is 0 Å². The van der Waals surface area contributed by atoms with Crippen LogP contribution in [0.3, 0.4) is 0 Å². The molecular formula is C10H20N4O3S. The summed E-state index contributed by atoms with van der Waals surface area (Å²) in [5.74, 6) is -0.623. The molecule has 1 atom stereocenters. The maximum absolute atomic E-state index is 12.2. The number of carbonyl (C=O) groups is 1. The molecule has 1 unspecified atom stereocenters. The topological polar surface area (TPSA) is 105 Å². The number of carbonyl (C=O) groups excluding carboxylic acids is 1. The van der Waals surface area contributed by atoms with E-state index in [0.29, 0.717) is 6.54 Å². The van der Waals surface area contributed by atoms with Gasteiger partial charge in [0.05, 0.1) is 6.54 Å². The van der Waals surface area contributed by atoms with Crippen molar-refractivity contribution in [2.75, 3.05) is 19.6 Å². The smallest absolute Gasteiger partial charge is 0.280 e. The number of rotatable bonds is 6. The lowest BCUT2D eigenvalue weighted by Gasteiger charge is -2.32. The Hall–Kier alpha value is -0.700. The Morgan fingerprint density at radius 1 is 1.39 bits per heavy atom. The van der Waals surface area contributed by atoms with Crippen LogP contribution in [0.4, 0.5) is 0 Å². The van der Waals surface area contributed by atoms with E-state index in [1.54, 1.807) is 0 Å². The van der Waals surface area contributed by atoms with E-state index >= 15 is 0 Å². The average Bonchev–Trinajstić information content (AvgIpc) is 3.10. The summed E-state index contributed by atoms with van der Waals surface area (Å²) in [6.45, 7) is 1.20. The van der Waals surface area contributed by atoms with Crippen LogP contribution < -0.4 is 15.8 Å². The molecule has 1 aliphatic carbocycles. The minimum Gasteiger partial charge on any atom is -0.369 e. The molecule has 2 aliphatic rings. The summed E-state index contributed by atoms with van der Waals surface area (Å²) in [7, 11) is -3.61. The Bertz CT molecular complexity index is 401. The summed E-state index contributed by atoms with van der Waals surface area (Å²) in [5.41, 5.74) is 5.15. The standard InChI is InChI=1S/C10H20N4O3S/c11-10(15)7-14(9-2-1-5-12-6-9)18(16,17)13-8-3-4-8/h8-9,12-13H,1-7H2,(H2,11,15). The Morgan fingerprint density at radius 2 is 2.11 bits per heavy atom. The van der Waals surface area contributed by atoms with Crippen molar-refractivity contribution in [2.24, 2.45) is 5.73 Å². The molecule has 1 saturated carbocycles. The van der Waals surface area contributed by atoms with Gasteiger partial charge in [-0.05, 0) is 32.2 Å². The molecule has 2 rings (SSSR count). The second kappa shape index (κ2) is 5.52. The van der Waals surface area contributed by atoms with Gasteiger partial charge >= 0.3 is 0 Å². The Kier molecular flexibility index (Phi) is 4.21. The van der Waals surface area contributed by atoms with Crippen molar-refractivity contribution < 1.29 is 13.2 Å². The molecule has 0 spiro atoms. The molecular weight excluding hydrogens is 256 g/mol. The van der Waals surface area contributed by atoms with Gasteiger partial charge in [-0.15, -0.1) is 0 Å². The first-order valence-corrected chi connectivity index (χ1v) is 7.71. The average molecular weight is 276 g/mol. The number of hydrogen-bond acceptors (Lipinski definition) is 4. The van der Waals surface area contributed by atoms with Crippen LogP contribution in [0.2, 0.25) is 0 Å². The fourth-order valence-electron chi connectivity index (χ4n) is 2.12. The molecule has 1 saturated heterocycles. The summed E-state index contributed by atoms with van der Waals surface area (Å²) in [5, 5.41) is 3.14. The molecule has 7 nitrogen and oxygen atoms in total. The van der Waals surface area contributed by atoms with Crippen molar-refractivity contribution in [3.8, 4) is 0 Å². The maximum atomic E-state index is 12.2. The highest BCUT2D eigenvalue weighted by molar-refractivity contribution is 7.87. The quantitative estimate of drug-likeness (QED) is 0.550. The normalized spacial score (nSPS) is 25.3. The van der Waals surface area contributed by atoms with Gasteiger partial charge < -0.3 is 11.1 Å². The van der Waals surface area contributed by atoms with Crippen molar-refractivity contribution >= 4 is 16.1 Å². The lowest BCUT2D eigenvalue weighted by atomic mass is 10.1. The fraction of sp³-hybridized carbons (Fsp3) is 0.900. The predicted octanol–water partition coefficient (Wildman–Crippen LogP) is -1.48. The second-order valence-corrected chi connectivity index (χ2v) is 6.56. The van der Waals surface area contributed by atoms with Crippen molar-refractivity contribution in [3.05, 3.63) is 0 Å². The SMILES string of the molecule is NC(=O)CN(C1CCCNC1)S(=O)(=O)NC1CC1. The number of amides is 1. The second-order valence-electron chi connectivity index (χ2n) is 4.91. The lowest BCUT2D eigenvalue weighted by Crippen LogP contribution is -2.54. The van der Waals surface area contributed by atoms with Crippen molar-refractivity contribution in [2.45, 2.75) is 37.8 Å². The third-order valence-corrected chi connectivity index (χ3v) is 4.87. The number of hydrogen-bond donors (Lipinski definition) is 3. The monoisotopic (exact) mass is 276 g/mol. The summed E-state index contributed by atoms with van der Waals surface area (Å²) < 4.78 is 28.2. The predicted molar refractivity (Wildman–Crippen MR) is 66.9 cm³/mol. The number of piperidine rings is 1. The molecule has 2 fully saturated rings. The van der Waals surface area contributed by atoms with E-state index in [4.69, 9.17) is 5.73 Å². The van der Waals surface area contributed by atoms with Gasteiger partial charge in [0, 0.05) is 18.6 Å². The molecule has 0 aromatic rings. The van der Waals surface area contributed by atoms with Gasteiger partial charge in [-0.2, -0.15) is 17.4 Å². The van der Waals surface area contributed by atoms with E-state index in [2.05, 4.69) is 10.0 Å². The van der Waals surface area contributed by atoms with E-state index in [0.717, 1.165) is 32.2 Å². The van der Waals surface area contributed by atoms with Gasteiger partial charge in [-0.3, -0.25) is 4.79 Å². The molecule has 104 valence electrons. The molecule has 0 aromatic carbocycles. The summed E-state index contributed by atoms with van der Waals surface area (Å²) >= 11 is 0. The minimum atomic E-state index is -3.61. The van der Waals surface area contributed by atoms with E-state index in [9.17, 15) is 13.2 Å². The molecule has 8 heteroatoms. The molecule has 1 aliphatic heterocycles. The van der Waals surface area contributed by atoms with E-state index in [1.807, 2.05) is 0 Å². The van der Waals surface area contributed by atoms with Crippen LogP contribution in [-0.2, 0) is 15.0 Å². The molecule has 4 N–H and O–H groups in total. The first-order valence-electron chi connectivity index (χ1n) is 6.27. The Labute approximate surface area is 107 Å². The van der Waals surface area contributed by atoms with Gasteiger partial charge in [-0.25, -0.2) is 0 Å². The van der Waals surface area contributed by atoms with E-state index in [-0.39, 0.29) is 18.6 Å². The largest absolute Gasteiger partial charge is 0.369 e. The molecule has 1 heterocycles. The van der Waals surface area contributed by atoms with Gasteiger partial charge in [0.1, 0.15) is 0 Å². The highest BCUT2D eigenvalue weighted by Crippen LogP contribution is 2.22. The number of nitrogens with one attached hydrogen (secondary N) is 2. The van der Waals surface area contributed by atoms with Crippen LogP contribution >= 0.6 is 0 Å². The zero-order chi connectivity index (χ0) is 13.2. The van der Waals surface area contributed by atoms with Crippen molar-refractivity contribution in [3.63, 3.8) is 0 Å². The van der Waals surface area contributed by atoms with Crippen molar-refractivity contribution in [1.82, 2.24) is 14.3 Å². The third kappa shape index (κ3) is 3.64. The van der Waals surface area contributed by atoms with Crippen LogP contribution in [0.1, 0.15) is 25.7 Å². The number of nitrogens with two attached hydrogens (primary N) is 1. The summed E-state index contributed by atoms with van der Waals surface area (Å²) in [6, 6.07) is -0.163. The van der Waals surface area contributed by atoms with Crippen LogP contribution in [0, 0.1) is 0 Å². The van der Waals surface area contributed by atoms with E-state index in [1.165, 1.54) is 4.31 Å². The van der Waals surface area contributed by atoms with Gasteiger partial charge in [0.25, 0.3) is 10.2 Å². The van der Waals surface area contributed by atoms with Gasteiger partial charge in [-0.1, -0.05) is 0 Å². The molecule has 1 amide bonds. The number of nitrogens with zero attached hydrogens (tertiary/aromatic N) is 1. The molecule has 0 aromatic heterocycles. The number of primary amides is 1. The first kappa shape index (κ1) is 13.7. The van der Waals surface area contributed by atoms with Gasteiger partial charge in [0.2, 0.25) is 5.91 Å². The third-order valence-electron chi connectivity index (χ3n) is 3.19. The van der Waals surface area contributed by atoms with Crippen LogP contribution in [-0.4, -0.2) is 50.3 Å². The maximum Gasteiger partial charge on any atom is 0.280 e. The summed E-state index contributed by atoms with van der Waals surface area (Å²) in [4.78, 5) is 11.1. The first-order chi connectivity index (χ1) is 8.49. The highest BCUT2D eigenvalue weighted by Gasteiger charge is 2.36. The van der Waals surface area contributed by atoms with Crippen LogP contribution in [0.5, 0.6) is 0 Å². The van der Waals surface area contributed by atoms with E-state index < -0.39 is 16.1 Å². The van der Waals surface area contributed by atoms with Crippen LogP contribution in [0.25, 0.3) is 0 Å². The van der Waals surface area contributed by atoms with Crippen LogP contribution in [0.15, 0.2) is 0 Å². The van der Waals surface area contributed by atoms with Crippen molar-refractivity contribution in [1.29, 1.82) is 0 Å². The Balaban J connectivity index is 2.09. The molecule has 0 bridgehead atoms. The minimum absolute atomic E-state index is 0.0296. The molecule has 0 radical (unpaired) electrons. The Morgan fingerprint density at radius 3 is 2.61 bits per heavy atom. The zero-order valence-electron chi connectivity index (χ0n) is 10.3. The fourth-order valence-corrected chi connectivity index (χ4v) is 3.78. The summed E-state index contributed by atoms with van der Waals surface area (Å²) in [6.07, 6.45) is 3.39. The highest BCUT2D eigenvalue weighted by atomic mass is 32.2.